The first-order chi connectivity index (χ1) is 10.5. The van der Waals surface area contributed by atoms with Crippen LogP contribution in [-0.2, 0) is 0 Å². The van der Waals surface area contributed by atoms with Crippen LogP contribution in [0.25, 0.3) is 5.65 Å². The van der Waals surface area contributed by atoms with Crippen molar-refractivity contribution in [2.75, 3.05) is 19.6 Å². The van der Waals surface area contributed by atoms with Crippen LogP contribution < -0.4 is 0 Å². The molecule has 4 nitrogen and oxygen atoms in total. The number of pyridine rings is 1. The Hall–Kier alpha value is -1.27. The van der Waals surface area contributed by atoms with Gasteiger partial charge >= 0.3 is 0 Å². The molecule has 6 heteroatoms. The minimum atomic E-state index is -0.287. The highest BCUT2D eigenvalue weighted by atomic mass is 79.9. The quantitative estimate of drug-likeness (QED) is 0.829. The predicted molar refractivity (Wildman–Crippen MR) is 88.7 cm³/mol. The van der Waals surface area contributed by atoms with Gasteiger partial charge in [-0.25, -0.2) is 13.9 Å². The van der Waals surface area contributed by atoms with Gasteiger partial charge in [0.25, 0.3) is 0 Å². The summed E-state index contributed by atoms with van der Waals surface area (Å²) >= 11 is 3.64. The average molecular weight is 367 g/mol. The summed E-state index contributed by atoms with van der Waals surface area (Å²) < 4.78 is 16.0. The molecule has 3 heterocycles. The van der Waals surface area contributed by atoms with E-state index in [9.17, 15) is 4.39 Å². The fraction of sp³-hybridized carbons (Fsp3) is 0.500. The van der Waals surface area contributed by atoms with Gasteiger partial charge in [0.1, 0.15) is 5.82 Å². The lowest BCUT2D eigenvalue weighted by Crippen LogP contribution is -2.34. The predicted octanol–water partition coefficient (Wildman–Crippen LogP) is 3.74. The van der Waals surface area contributed by atoms with Gasteiger partial charge in [-0.15, -0.1) is 0 Å². The zero-order valence-electron chi connectivity index (χ0n) is 12.9. The molecule has 3 rings (SSSR count). The summed E-state index contributed by atoms with van der Waals surface area (Å²) in [4.78, 5) is 6.99. The first kappa shape index (κ1) is 15.6. The zero-order chi connectivity index (χ0) is 15.7. The number of piperidine rings is 1. The Balaban J connectivity index is 1.66. The number of nitrogens with zero attached hydrogens (tertiary/aromatic N) is 4. The summed E-state index contributed by atoms with van der Waals surface area (Å²) in [6.07, 6.45) is 3.47. The molecule has 118 valence electrons. The summed E-state index contributed by atoms with van der Waals surface area (Å²) in [5, 5.41) is 4.44. The van der Waals surface area contributed by atoms with Crippen LogP contribution in [0, 0.1) is 5.82 Å². The molecule has 0 amide bonds. The molecule has 0 N–H and O–H groups in total. The van der Waals surface area contributed by atoms with Crippen molar-refractivity contribution in [1.82, 2.24) is 19.5 Å². The van der Waals surface area contributed by atoms with Crippen molar-refractivity contribution in [2.24, 2.45) is 0 Å². The number of aromatic nitrogens is 3. The number of allylic oxidation sites excluding steroid dienone is 1. The molecular formula is C16H20BrFN4. The van der Waals surface area contributed by atoms with Gasteiger partial charge in [0.15, 0.2) is 11.5 Å². The number of fused-ring (bicyclic) bond motifs is 1. The van der Waals surface area contributed by atoms with E-state index >= 15 is 0 Å². The second kappa shape index (κ2) is 6.46. The molecule has 1 saturated heterocycles. The first-order valence-corrected chi connectivity index (χ1v) is 8.38. The van der Waals surface area contributed by atoms with Crippen LogP contribution in [0.15, 0.2) is 28.4 Å². The van der Waals surface area contributed by atoms with Crippen LogP contribution in [0.5, 0.6) is 0 Å². The van der Waals surface area contributed by atoms with Gasteiger partial charge in [0.05, 0.1) is 6.20 Å². The molecule has 1 aliphatic rings. The lowest BCUT2D eigenvalue weighted by Gasteiger charge is -2.30. The molecule has 0 bridgehead atoms. The van der Waals surface area contributed by atoms with E-state index in [1.54, 1.807) is 6.07 Å². The van der Waals surface area contributed by atoms with Crippen molar-refractivity contribution in [1.29, 1.82) is 0 Å². The first-order valence-electron chi connectivity index (χ1n) is 7.59. The van der Waals surface area contributed by atoms with E-state index in [0.717, 1.165) is 38.3 Å². The molecule has 2 aromatic rings. The Morgan fingerprint density at radius 2 is 2.05 bits per heavy atom. The minimum absolute atomic E-state index is 0.287. The topological polar surface area (TPSA) is 33.4 Å². The molecule has 0 aromatic carbocycles. The van der Waals surface area contributed by atoms with E-state index in [0.29, 0.717) is 11.6 Å². The average Bonchev–Trinajstić information content (AvgIpc) is 2.90. The van der Waals surface area contributed by atoms with Crippen molar-refractivity contribution in [3.05, 3.63) is 40.0 Å². The van der Waals surface area contributed by atoms with Crippen LogP contribution in [0.4, 0.5) is 4.39 Å². The summed E-state index contributed by atoms with van der Waals surface area (Å²) in [6.45, 7) is 7.29. The van der Waals surface area contributed by atoms with Crippen LogP contribution in [0.1, 0.15) is 38.4 Å². The monoisotopic (exact) mass is 366 g/mol. The third kappa shape index (κ3) is 3.38. The molecule has 1 aliphatic heterocycles. The fourth-order valence-corrected chi connectivity index (χ4v) is 3.11. The maximum absolute atomic E-state index is 13.2. The van der Waals surface area contributed by atoms with Gasteiger partial charge in [0.2, 0.25) is 0 Å². The smallest absolute Gasteiger partial charge is 0.155 e. The van der Waals surface area contributed by atoms with E-state index in [-0.39, 0.29) is 5.82 Å². The summed E-state index contributed by atoms with van der Waals surface area (Å²) in [7, 11) is 0. The van der Waals surface area contributed by atoms with Gasteiger partial charge in [-0.2, -0.15) is 5.10 Å². The van der Waals surface area contributed by atoms with E-state index in [2.05, 4.69) is 44.8 Å². The SMILES string of the molecule is CC(C)=C(Br)CN1CCC(c2nc3ccc(F)cn3n2)CC1. The minimum Gasteiger partial charge on any atom is -0.299 e. The maximum Gasteiger partial charge on any atom is 0.155 e. The summed E-state index contributed by atoms with van der Waals surface area (Å²) in [6, 6.07) is 3.10. The Bertz CT molecular complexity index is 697. The van der Waals surface area contributed by atoms with Crippen molar-refractivity contribution < 1.29 is 4.39 Å². The maximum atomic E-state index is 13.2. The summed E-state index contributed by atoms with van der Waals surface area (Å²) in [5.74, 6) is 0.918. The van der Waals surface area contributed by atoms with Crippen LogP contribution in [0.2, 0.25) is 0 Å². The van der Waals surface area contributed by atoms with Gasteiger partial charge in [0, 0.05) is 16.9 Å². The second-order valence-corrected chi connectivity index (χ2v) is 7.03. The van der Waals surface area contributed by atoms with Gasteiger partial charge in [-0.05, 0) is 51.9 Å². The Morgan fingerprint density at radius 1 is 1.32 bits per heavy atom. The Labute approximate surface area is 138 Å². The van der Waals surface area contributed by atoms with Crippen molar-refractivity contribution in [3.8, 4) is 0 Å². The summed E-state index contributed by atoms with van der Waals surface area (Å²) in [5.41, 5.74) is 2.04. The van der Waals surface area contributed by atoms with Gasteiger partial charge < -0.3 is 0 Å². The third-order valence-electron chi connectivity index (χ3n) is 4.17. The molecule has 0 aliphatic carbocycles. The molecule has 22 heavy (non-hydrogen) atoms. The zero-order valence-corrected chi connectivity index (χ0v) is 14.5. The van der Waals surface area contributed by atoms with E-state index in [1.165, 1.54) is 26.8 Å². The number of halogens is 2. The third-order valence-corrected chi connectivity index (χ3v) is 5.21. The Morgan fingerprint density at radius 3 is 2.73 bits per heavy atom. The normalized spacial score (nSPS) is 17.1. The number of likely N-dealkylation sites (tertiary alicyclic amines) is 1. The lowest BCUT2D eigenvalue weighted by molar-refractivity contribution is 0.227. The van der Waals surface area contributed by atoms with Crippen molar-refractivity contribution >= 4 is 21.6 Å². The lowest BCUT2D eigenvalue weighted by atomic mass is 9.96. The highest BCUT2D eigenvalue weighted by Crippen LogP contribution is 2.27. The van der Waals surface area contributed by atoms with Crippen LogP contribution >= 0.6 is 15.9 Å². The molecule has 0 atom stereocenters. The number of hydrogen-bond donors (Lipinski definition) is 0. The molecule has 0 radical (unpaired) electrons. The number of hydrogen-bond acceptors (Lipinski definition) is 3. The number of rotatable bonds is 3. The molecule has 0 spiro atoms. The van der Waals surface area contributed by atoms with E-state index < -0.39 is 0 Å². The largest absolute Gasteiger partial charge is 0.299 e. The van der Waals surface area contributed by atoms with Gasteiger partial charge in [-0.1, -0.05) is 21.5 Å². The van der Waals surface area contributed by atoms with E-state index in [1.807, 2.05) is 0 Å². The fourth-order valence-electron chi connectivity index (χ4n) is 2.75. The van der Waals surface area contributed by atoms with E-state index in [4.69, 9.17) is 0 Å². The van der Waals surface area contributed by atoms with Crippen molar-refractivity contribution in [3.63, 3.8) is 0 Å². The van der Waals surface area contributed by atoms with Crippen LogP contribution in [-0.4, -0.2) is 39.1 Å². The van der Waals surface area contributed by atoms with Crippen molar-refractivity contribution in [2.45, 2.75) is 32.6 Å². The molecule has 1 fully saturated rings. The van der Waals surface area contributed by atoms with Gasteiger partial charge in [-0.3, -0.25) is 4.90 Å². The molecular weight excluding hydrogens is 347 g/mol. The highest BCUT2D eigenvalue weighted by Gasteiger charge is 2.24. The van der Waals surface area contributed by atoms with Crippen LogP contribution in [0.3, 0.4) is 0 Å². The molecule has 0 unspecified atom stereocenters. The standard InChI is InChI=1S/C16H20BrFN4/c1-11(2)14(17)10-21-7-5-12(6-8-21)16-19-15-4-3-13(18)9-22(15)20-16/h3-4,9,12H,5-8,10H2,1-2H3. The second-order valence-electron chi connectivity index (χ2n) is 6.08. The Kier molecular flexibility index (Phi) is 4.59. The highest BCUT2D eigenvalue weighted by molar-refractivity contribution is 9.11. The molecule has 2 aromatic heterocycles. The molecule has 0 saturated carbocycles.